The number of carbonyl (C=O) groups is 2. The van der Waals surface area contributed by atoms with Crippen LogP contribution in [0.15, 0.2) is 94.8 Å². The molecule has 0 bridgehead atoms. The maximum atomic E-state index is 13.5. The van der Waals surface area contributed by atoms with Crippen molar-refractivity contribution in [1.82, 2.24) is 24.4 Å². The first-order valence-electron chi connectivity index (χ1n) is 16.0. The minimum absolute atomic E-state index is 0.0272. The van der Waals surface area contributed by atoms with E-state index in [4.69, 9.17) is 18.9 Å². The van der Waals surface area contributed by atoms with E-state index in [2.05, 4.69) is 19.9 Å². The smallest absolute Gasteiger partial charge is 0.338 e. The number of benzene rings is 3. The predicted octanol–water partition coefficient (Wildman–Crippen LogP) is 4.97. The van der Waals surface area contributed by atoms with Crippen molar-refractivity contribution in [2.24, 2.45) is 4.99 Å². The van der Waals surface area contributed by atoms with Gasteiger partial charge >= 0.3 is 11.9 Å². The zero-order valence-corrected chi connectivity index (χ0v) is 28.1. The lowest BCUT2D eigenvalue weighted by Gasteiger charge is -2.19. The lowest BCUT2D eigenvalue weighted by atomic mass is 10.1. The molecule has 0 unspecified atom stereocenters. The third kappa shape index (κ3) is 8.01. The Morgan fingerprint density at radius 2 is 1.60 bits per heavy atom. The zero-order valence-electron chi connectivity index (χ0n) is 28.1. The van der Waals surface area contributed by atoms with Gasteiger partial charge in [0.2, 0.25) is 5.88 Å². The van der Waals surface area contributed by atoms with E-state index in [0.717, 1.165) is 22.9 Å². The van der Waals surface area contributed by atoms with Crippen LogP contribution in [0, 0.1) is 13.8 Å². The summed E-state index contributed by atoms with van der Waals surface area (Å²) in [5, 5.41) is 0. The van der Waals surface area contributed by atoms with E-state index >= 15 is 0 Å². The quantitative estimate of drug-likeness (QED) is 0.106. The van der Waals surface area contributed by atoms with Crippen LogP contribution in [0.4, 0.5) is 5.95 Å². The highest BCUT2D eigenvalue weighted by atomic mass is 16.6. The third-order valence-corrected chi connectivity index (χ3v) is 7.89. The Bertz CT molecular complexity index is 2070. The number of esters is 2. The lowest BCUT2D eigenvalue weighted by molar-refractivity contribution is -0.0570. The summed E-state index contributed by atoms with van der Waals surface area (Å²) in [6.45, 7) is 3.76. The molecule has 1 aliphatic heterocycles. The van der Waals surface area contributed by atoms with Crippen LogP contribution in [0.5, 0.6) is 5.88 Å². The van der Waals surface area contributed by atoms with Crippen molar-refractivity contribution in [2.75, 3.05) is 20.7 Å². The van der Waals surface area contributed by atoms with Crippen LogP contribution in [0.1, 0.15) is 50.1 Å². The molecule has 3 aromatic carbocycles. The van der Waals surface area contributed by atoms with Gasteiger partial charge in [-0.25, -0.2) is 19.6 Å². The third-order valence-electron chi connectivity index (χ3n) is 7.89. The minimum Gasteiger partial charge on any atom is -0.471 e. The number of hydrogen-bond acceptors (Lipinski definition) is 11. The van der Waals surface area contributed by atoms with E-state index in [0.29, 0.717) is 11.1 Å². The summed E-state index contributed by atoms with van der Waals surface area (Å²) in [5.41, 5.74) is 3.36. The maximum Gasteiger partial charge on any atom is 0.338 e. The van der Waals surface area contributed by atoms with Crippen LogP contribution in [-0.2, 0) is 20.8 Å². The van der Waals surface area contributed by atoms with Crippen molar-refractivity contribution in [3.63, 3.8) is 0 Å². The van der Waals surface area contributed by atoms with Crippen LogP contribution < -0.4 is 10.3 Å². The molecule has 3 atom stereocenters. The van der Waals surface area contributed by atoms with E-state index < -0.39 is 35.9 Å². The molecule has 0 aliphatic carbocycles. The molecule has 2 aromatic heterocycles. The summed E-state index contributed by atoms with van der Waals surface area (Å²) in [5.74, 6) is -1.01. The van der Waals surface area contributed by atoms with Gasteiger partial charge in [-0.1, -0.05) is 65.7 Å². The fraction of sp³-hybridized carbons (Fsp3) is 0.270. The molecule has 13 nitrogen and oxygen atoms in total. The summed E-state index contributed by atoms with van der Waals surface area (Å²) in [7, 11) is 3.59. The standard InChI is InChI=1S/C37H36N6O7/c1-23-10-14-26(15-11-23)35(45)48-21-29-28(50-36(46)27-16-12-24(2)13-17-27)18-31(49-29)43-30(44)19-38-32-33(43)40-37(39-22-42(3)4)41-34(32)47-20-25-8-6-5-7-9-25/h5-17,19,22,28-29,31H,18,20-21H2,1-4H3/b39-22+/t28-,29+,31+/m0/s1. The second-order valence-electron chi connectivity index (χ2n) is 12.1. The summed E-state index contributed by atoms with van der Waals surface area (Å²) >= 11 is 0. The molecular formula is C37H36N6O7. The van der Waals surface area contributed by atoms with Gasteiger partial charge in [-0.2, -0.15) is 9.97 Å². The van der Waals surface area contributed by atoms with Crippen molar-refractivity contribution in [3.05, 3.63) is 123 Å². The molecule has 0 saturated carbocycles. The van der Waals surface area contributed by atoms with Crippen LogP contribution in [-0.4, -0.2) is 75.6 Å². The Hall–Kier alpha value is -5.95. The highest BCUT2D eigenvalue weighted by Gasteiger charge is 2.41. The first-order valence-corrected chi connectivity index (χ1v) is 16.0. The molecule has 0 radical (unpaired) electrons. The molecule has 256 valence electrons. The summed E-state index contributed by atoms with van der Waals surface area (Å²) in [4.78, 5) is 59.2. The van der Waals surface area contributed by atoms with Gasteiger partial charge in [0.05, 0.1) is 23.7 Å². The topological polar surface area (TPSA) is 147 Å². The number of aliphatic imine (C=N–C) groups is 1. The second-order valence-corrected chi connectivity index (χ2v) is 12.1. The first kappa shape index (κ1) is 33.9. The number of fused-ring (bicyclic) bond motifs is 1. The summed E-state index contributed by atoms with van der Waals surface area (Å²) in [6, 6.07) is 23.4. The highest BCUT2D eigenvalue weighted by Crippen LogP contribution is 2.34. The van der Waals surface area contributed by atoms with Gasteiger partial charge in [0.25, 0.3) is 11.5 Å². The van der Waals surface area contributed by atoms with E-state index in [1.807, 2.05) is 68.4 Å². The number of hydrogen-bond donors (Lipinski definition) is 0. The molecule has 1 saturated heterocycles. The van der Waals surface area contributed by atoms with E-state index in [1.54, 1.807) is 43.3 Å². The normalized spacial score (nSPS) is 17.2. The van der Waals surface area contributed by atoms with Gasteiger partial charge in [0.15, 0.2) is 11.2 Å². The van der Waals surface area contributed by atoms with Crippen LogP contribution >= 0.6 is 0 Å². The van der Waals surface area contributed by atoms with Gasteiger partial charge in [-0.15, -0.1) is 0 Å². The summed E-state index contributed by atoms with van der Waals surface area (Å²) in [6.07, 6.45) is -0.104. The van der Waals surface area contributed by atoms with Crippen molar-refractivity contribution >= 4 is 35.4 Å². The Labute approximate surface area is 288 Å². The van der Waals surface area contributed by atoms with Crippen molar-refractivity contribution in [2.45, 2.75) is 45.3 Å². The Morgan fingerprint density at radius 3 is 2.26 bits per heavy atom. The number of carbonyl (C=O) groups excluding carboxylic acids is 2. The van der Waals surface area contributed by atoms with Gasteiger partial charge in [0, 0.05) is 20.5 Å². The SMILES string of the molecule is Cc1ccc(C(=O)OC[C@H]2O[C@@H](n3c(=O)cnc4c(OCc5ccccc5)nc(/N=C/N(C)C)nc43)C[C@@H]2OC(=O)c2ccc(C)cc2)cc1. The van der Waals surface area contributed by atoms with E-state index in [-0.39, 0.29) is 42.6 Å². The average molecular weight is 677 g/mol. The van der Waals surface area contributed by atoms with Crippen LogP contribution in [0.25, 0.3) is 11.2 Å². The minimum atomic E-state index is -0.991. The molecule has 1 fully saturated rings. The summed E-state index contributed by atoms with van der Waals surface area (Å²) < 4.78 is 25.3. The van der Waals surface area contributed by atoms with Crippen LogP contribution in [0.3, 0.4) is 0 Å². The fourth-order valence-corrected chi connectivity index (χ4v) is 5.27. The molecule has 5 aromatic rings. The van der Waals surface area contributed by atoms with Gasteiger partial charge in [-0.05, 0) is 43.7 Å². The molecule has 1 aliphatic rings. The van der Waals surface area contributed by atoms with Crippen molar-refractivity contribution in [1.29, 1.82) is 0 Å². The van der Waals surface area contributed by atoms with E-state index in [1.165, 1.54) is 10.9 Å². The van der Waals surface area contributed by atoms with Gasteiger partial charge < -0.3 is 23.8 Å². The van der Waals surface area contributed by atoms with Crippen molar-refractivity contribution < 1.29 is 28.5 Å². The Balaban J connectivity index is 1.34. The predicted molar refractivity (Wildman–Crippen MR) is 185 cm³/mol. The lowest BCUT2D eigenvalue weighted by Crippen LogP contribution is -2.32. The maximum absolute atomic E-state index is 13.5. The number of ether oxygens (including phenoxy) is 4. The van der Waals surface area contributed by atoms with Gasteiger partial charge in [0.1, 0.15) is 31.6 Å². The molecule has 50 heavy (non-hydrogen) atoms. The molecule has 3 heterocycles. The molecule has 0 N–H and O–H groups in total. The Kier molecular flexibility index (Phi) is 10.2. The number of rotatable bonds is 11. The second kappa shape index (κ2) is 15.1. The van der Waals surface area contributed by atoms with Crippen LogP contribution in [0.2, 0.25) is 0 Å². The molecule has 0 amide bonds. The average Bonchev–Trinajstić information content (AvgIpc) is 3.50. The highest BCUT2D eigenvalue weighted by molar-refractivity contribution is 5.90. The van der Waals surface area contributed by atoms with E-state index in [9.17, 15) is 14.4 Å². The van der Waals surface area contributed by atoms with Crippen molar-refractivity contribution in [3.8, 4) is 5.88 Å². The number of aryl methyl sites for hydroxylation is 2. The largest absolute Gasteiger partial charge is 0.471 e. The molecular weight excluding hydrogens is 640 g/mol. The molecule has 6 rings (SSSR count). The molecule has 13 heteroatoms. The van der Waals surface area contributed by atoms with Gasteiger partial charge in [-0.3, -0.25) is 9.36 Å². The fourth-order valence-electron chi connectivity index (χ4n) is 5.27. The number of nitrogens with zero attached hydrogens (tertiary/aromatic N) is 6. The first-order chi connectivity index (χ1) is 24.1. The Morgan fingerprint density at radius 1 is 0.940 bits per heavy atom. The monoisotopic (exact) mass is 676 g/mol. The molecule has 0 spiro atoms. The number of aromatic nitrogens is 4. The zero-order chi connectivity index (χ0) is 35.2.